The molecule has 2 aromatic rings. The Balaban J connectivity index is 1.18. The van der Waals surface area contributed by atoms with Crippen molar-refractivity contribution in [1.82, 2.24) is 20.1 Å². The summed E-state index contributed by atoms with van der Waals surface area (Å²) < 4.78 is 44.6. The number of hydrogen-bond acceptors (Lipinski definition) is 6. The lowest BCUT2D eigenvalue weighted by Gasteiger charge is -2.34. The summed E-state index contributed by atoms with van der Waals surface area (Å²) in [5.41, 5.74) is -0.0550. The molecule has 3 fully saturated rings. The van der Waals surface area contributed by atoms with Crippen molar-refractivity contribution >= 4 is 28.8 Å². The number of carbonyl (C=O) groups is 1. The zero-order valence-corrected chi connectivity index (χ0v) is 17.8. The van der Waals surface area contributed by atoms with Crippen molar-refractivity contribution in [1.29, 1.82) is 0 Å². The van der Waals surface area contributed by atoms with Crippen LogP contribution in [0, 0.1) is 0 Å². The van der Waals surface area contributed by atoms with Gasteiger partial charge in [-0.15, -0.1) is 11.8 Å². The van der Waals surface area contributed by atoms with Crippen molar-refractivity contribution in [2.45, 2.75) is 43.4 Å². The van der Waals surface area contributed by atoms with Crippen molar-refractivity contribution in [3.8, 4) is 0 Å². The van der Waals surface area contributed by atoms with E-state index in [9.17, 15) is 18.0 Å². The van der Waals surface area contributed by atoms with Crippen molar-refractivity contribution in [2.24, 2.45) is 0 Å². The Labute approximate surface area is 182 Å². The smallest absolute Gasteiger partial charge is 0.416 e. The van der Waals surface area contributed by atoms with E-state index in [-0.39, 0.29) is 23.4 Å². The number of nitrogens with one attached hydrogen (secondary N) is 1. The average Bonchev–Trinajstić information content (AvgIpc) is 3.52. The van der Waals surface area contributed by atoms with Gasteiger partial charge in [-0.3, -0.25) is 9.69 Å². The molecular weight excluding hydrogens is 429 g/mol. The number of benzene rings is 1. The number of piperidine rings is 1. The molecule has 3 aliphatic rings. The van der Waals surface area contributed by atoms with Crippen LogP contribution in [0.25, 0.3) is 11.1 Å². The van der Waals surface area contributed by atoms with Gasteiger partial charge in [-0.25, -0.2) is 4.98 Å². The molecule has 168 valence electrons. The molecule has 4 heterocycles. The van der Waals surface area contributed by atoms with Gasteiger partial charge in [0.05, 0.1) is 17.5 Å². The molecule has 10 heteroatoms. The van der Waals surface area contributed by atoms with Crippen molar-refractivity contribution in [2.75, 3.05) is 37.8 Å². The van der Waals surface area contributed by atoms with Gasteiger partial charge >= 0.3 is 6.18 Å². The van der Waals surface area contributed by atoms with Crippen molar-refractivity contribution in [3.05, 3.63) is 29.7 Å². The Morgan fingerprint density at radius 2 is 2.03 bits per heavy atom. The molecule has 5 rings (SSSR count). The third-order valence-electron chi connectivity index (χ3n) is 6.60. The maximum Gasteiger partial charge on any atom is 0.416 e. The lowest BCUT2D eigenvalue weighted by molar-refractivity contribution is -0.137. The topological polar surface area (TPSA) is 61.6 Å². The van der Waals surface area contributed by atoms with Crippen molar-refractivity contribution < 1.29 is 22.4 Å². The predicted octanol–water partition coefficient (Wildman–Crippen LogP) is 3.29. The largest absolute Gasteiger partial charge is 0.440 e. The first-order valence-corrected chi connectivity index (χ1v) is 11.9. The van der Waals surface area contributed by atoms with Crippen LogP contribution in [-0.4, -0.2) is 70.6 Å². The van der Waals surface area contributed by atoms with E-state index >= 15 is 0 Å². The number of likely N-dealkylation sites (tertiary alicyclic amines) is 1. The van der Waals surface area contributed by atoms with Crippen LogP contribution in [0.2, 0.25) is 0 Å². The summed E-state index contributed by atoms with van der Waals surface area (Å²) in [6.07, 6.45) is -1.87. The van der Waals surface area contributed by atoms with E-state index in [1.165, 1.54) is 6.07 Å². The molecule has 6 nitrogen and oxygen atoms in total. The first-order valence-electron chi connectivity index (χ1n) is 10.7. The van der Waals surface area contributed by atoms with Crippen LogP contribution in [0.4, 0.5) is 13.2 Å². The molecule has 0 unspecified atom stereocenters. The molecule has 1 aromatic carbocycles. The Hall–Kier alpha value is -1.78. The van der Waals surface area contributed by atoms with Crippen LogP contribution in [0.3, 0.4) is 0 Å². The number of nitrogens with zero attached hydrogens (tertiary/aromatic N) is 3. The van der Waals surface area contributed by atoms with Crippen LogP contribution in [0.1, 0.15) is 36.6 Å². The van der Waals surface area contributed by atoms with E-state index in [4.69, 9.17) is 4.42 Å². The van der Waals surface area contributed by atoms with Gasteiger partial charge in [0.25, 0.3) is 0 Å². The third kappa shape index (κ3) is 4.29. The fourth-order valence-electron chi connectivity index (χ4n) is 4.80. The minimum absolute atomic E-state index is 0.0960. The molecule has 0 spiro atoms. The fourth-order valence-corrected chi connectivity index (χ4v) is 5.75. The Morgan fingerprint density at radius 3 is 2.74 bits per heavy atom. The van der Waals surface area contributed by atoms with Crippen LogP contribution < -0.4 is 5.32 Å². The number of carbonyl (C=O) groups excluding carboxylic acids is 1. The number of fused-ring (bicyclic) bond motifs is 1. The minimum Gasteiger partial charge on any atom is -0.440 e. The summed E-state index contributed by atoms with van der Waals surface area (Å²) in [6, 6.07) is 3.68. The average molecular weight is 455 g/mol. The number of halogens is 3. The number of alkyl halides is 3. The highest BCUT2D eigenvalue weighted by Crippen LogP contribution is 2.35. The van der Waals surface area contributed by atoms with Crippen LogP contribution >= 0.6 is 11.8 Å². The molecule has 0 saturated carbocycles. The normalized spacial score (nSPS) is 26.2. The second kappa shape index (κ2) is 8.29. The first kappa shape index (κ1) is 21.1. The highest BCUT2D eigenvalue weighted by atomic mass is 32.2. The second-order valence-electron chi connectivity index (χ2n) is 8.53. The van der Waals surface area contributed by atoms with Crippen LogP contribution in [0.5, 0.6) is 0 Å². The number of amides is 1. The Kier molecular flexibility index (Phi) is 5.64. The molecule has 31 heavy (non-hydrogen) atoms. The number of hydrogen-bond donors (Lipinski definition) is 1. The van der Waals surface area contributed by atoms with E-state index < -0.39 is 11.7 Å². The van der Waals surface area contributed by atoms with Crippen LogP contribution in [-0.2, 0) is 11.0 Å². The summed E-state index contributed by atoms with van der Waals surface area (Å²) in [4.78, 5) is 21.3. The second-order valence-corrected chi connectivity index (χ2v) is 9.61. The summed E-state index contributed by atoms with van der Waals surface area (Å²) in [5, 5.41) is 3.39. The van der Waals surface area contributed by atoms with E-state index in [0.29, 0.717) is 17.5 Å². The highest BCUT2D eigenvalue weighted by Gasteiger charge is 2.37. The van der Waals surface area contributed by atoms with Gasteiger partial charge < -0.3 is 14.6 Å². The zero-order valence-electron chi connectivity index (χ0n) is 17.0. The molecule has 2 atom stereocenters. The van der Waals surface area contributed by atoms with Gasteiger partial charge in [0.1, 0.15) is 5.52 Å². The molecule has 1 N–H and O–H groups in total. The monoisotopic (exact) mass is 454 g/mol. The molecule has 0 aliphatic carbocycles. The van der Waals surface area contributed by atoms with E-state index in [1.54, 1.807) is 11.8 Å². The van der Waals surface area contributed by atoms with E-state index in [0.717, 1.165) is 69.2 Å². The van der Waals surface area contributed by atoms with Gasteiger partial charge in [-0.05, 0) is 50.6 Å². The molecular formula is C21H25F3N4O2S. The first-order chi connectivity index (χ1) is 14.9. The van der Waals surface area contributed by atoms with Gasteiger partial charge in [0, 0.05) is 30.8 Å². The molecule has 0 bridgehead atoms. The lowest BCUT2D eigenvalue weighted by Crippen LogP contribution is -2.42. The maximum absolute atomic E-state index is 12.9. The molecule has 1 amide bonds. The van der Waals surface area contributed by atoms with Crippen LogP contribution in [0.15, 0.2) is 22.6 Å². The maximum atomic E-state index is 12.9. The quantitative estimate of drug-likeness (QED) is 0.768. The third-order valence-corrected chi connectivity index (χ3v) is 7.56. The molecule has 0 radical (unpaired) electrons. The SMILES string of the molecule is O=C([C@@H]1C[C@H](N2CCC(c3nc4cc(C(F)(F)F)ccc4o3)CC2)CN1)N1CCSC1. The Morgan fingerprint density at radius 1 is 1.23 bits per heavy atom. The molecule has 1 aromatic heterocycles. The van der Waals surface area contributed by atoms with E-state index in [2.05, 4.69) is 15.2 Å². The molecule has 3 saturated heterocycles. The van der Waals surface area contributed by atoms with Gasteiger partial charge in [-0.2, -0.15) is 13.2 Å². The summed E-state index contributed by atoms with van der Waals surface area (Å²) in [7, 11) is 0. The number of thioether (sulfide) groups is 1. The lowest BCUT2D eigenvalue weighted by atomic mass is 9.95. The van der Waals surface area contributed by atoms with Gasteiger partial charge in [0.15, 0.2) is 11.5 Å². The van der Waals surface area contributed by atoms with Gasteiger partial charge in [0.2, 0.25) is 5.91 Å². The fraction of sp³-hybridized carbons (Fsp3) is 0.619. The molecule has 3 aliphatic heterocycles. The highest BCUT2D eigenvalue weighted by molar-refractivity contribution is 7.99. The summed E-state index contributed by atoms with van der Waals surface area (Å²) in [6.45, 7) is 3.38. The number of aromatic nitrogens is 1. The Bertz CT molecular complexity index is 952. The standard InChI is InChI=1S/C21H25F3N4O2S/c22-21(23,24)14-1-2-18-16(9-14)26-19(30-18)13-3-5-27(6-4-13)15-10-17(25-11-15)20(29)28-7-8-31-12-28/h1-2,9,13,15,17,25H,3-8,10-12H2/t15-,17-/m0/s1. The minimum atomic E-state index is -4.39. The summed E-state index contributed by atoms with van der Waals surface area (Å²) >= 11 is 1.80. The number of rotatable bonds is 3. The van der Waals surface area contributed by atoms with E-state index in [1.807, 2.05) is 4.90 Å². The number of oxazole rings is 1. The van der Waals surface area contributed by atoms with Crippen molar-refractivity contribution in [3.63, 3.8) is 0 Å². The van der Waals surface area contributed by atoms with Gasteiger partial charge in [-0.1, -0.05) is 0 Å². The zero-order chi connectivity index (χ0) is 21.6. The summed E-state index contributed by atoms with van der Waals surface area (Å²) in [5.74, 6) is 2.65. The predicted molar refractivity (Wildman–Crippen MR) is 112 cm³/mol.